The van der Waals surface area contributed by atoms with E-state index >= 15 is 0 Å². The van der Waals surface area contributed by atoms with Gasteiger partial charge in [0.2, 0.25) is 5.88 Å². The largest absolute Gasteiger partial charge is 0.439 e. The van der Waals surface area contributed by atoms with Crippen LogP contribution in [-0.2, 0) is 0 Å². The van der Waals surface area contributed by atoms with Crippen molar-refractivity contribution in [2.24, 2.45) is 5.84 Å². The number of thioether (sulfide) groups is 1. The van der Waals surface area contributed by atoms with Crippen molar-refractivity contribution >= 4 is 40.8 Å². The van der Waals surface area contributed by atoms with E-state index in [4.69, 9.17) is 33.8 Å². The van der Waals surface area contributed by atoms with Gasteiger partial charge in [-0.3, -0.25) is 0 Å². The minimum absolute atomic E-state index is 0.352. The molecule has 0 spiro atoms. The number of aromatic nitrogens is 2. The van der Waals surface area contributed by atoms with Crippen LogP contribution in [0.2, 0.25) is 10.0 Å². The van der Waals surface area contributed by atoms with Gasteiger partial charge in [0.05, 0.1) is 0 Å². The minimum atomic E-state index is 0.352. The van der Waals surface area contributed by atoms with Crippen molar-refractivity contribution in [2.45, 2.75) is 5.16 Å². The Hall–Kier alpha value is -1.21. The van der Waals surface area contributed by atoms with Crippen molar-refractivity contribution in [3.63, 3.8) is 0 Å². The minimum Gasteiger partial charge on any atom is -0.439 e. The molecule has 0 radical (unpaired) electrons. The third-order valence-electron chi connectivity index (χ3n) is 2.07. The summed E-state index contributed by atoms with van der Waals surface area (Å²) in [6.45, 7) is 0. The Morgan fingerprint density at radius 1 is 1.16 bits per heavy atom. The molecule has 3 N–H and O–H groups in total. The van der Waals surface area contributed by atoms with Gasteiger partial charge in [0.25, 0.3) is 0 Å². The maximum Gasteiger partial charge on any atom is 0.225 e. The smallest absolute Gasteiger partial charge is 0.225 e. The fraction of sp³-hybridized carbons (Fsp3) is 0.0909. The van der Waals surface area contributed by atoms with Crippen LogP contribution in [0, 0.1) is 0 Å². The number of hydrazine groups is 1. The summed E-state index contributed by atoms with van der Waals surface area (Å²) in [6.07, 6.45) is 1.86. The predicted molar refractivity (Wildman–Crippen MR) is 78.2 cm³/mol. The lowest BCUT2D eigenvalue weighted by atomic mass is 10.3. The van der Waals surface area contributed by atoms with E-state index in [0.29, 0.717) is 32.6 Å². The fourth-order valence-corrected chi connectivity index (χ4v) is 2.21. The van der Waals surface area contributed by atoms with E-state index < -0.39 is 0 Å². The first-order valence-electron chi connectivity index (χ1n) is 5.14. The zero-order valence-corrected chi connectivity index (χ0v) is 12.2. The quantitative estimate of drug-likeness (QED) is 0.389. The molecule has 0 aliphatic carbocycles. The molecule has 5 nitrogen and oxygen atoms in total. The normalized spacial score (nSPS) is 10.3. The number of halogens is 2. The molecule has 0 saturated carbocycles. The zero-order chi connectivity index (χ0) is 13.8. The summed E-state index contributed by atoms with van der Waals surface area (Å²) in [7, 11) is 0. The molecule has 0 aliphatic rings. The van der Waals surface area contributed by atoms with E-state index in [1.807, 2.05) is 6.26 Å². The van der Waals surface area contributed by atoms with Crippen LogP contribution >= 0.6 is 35.0 Å². The van der Waals surface area contributed by atoms with Gasteiger partial charge in [-0.2, -0.15) is 4.98 Å². The topological polar surface area (TPSA) is 73.1 Å². The lowest BCUT2D eigenvalue weighted by molar-refractivity contribution is 0.456. The van der Waals surface area contributed by atoms with E-state index in [2.05, 4.69) is 15.4 Å². The molecule has 0 aliphatic heterocycles. The molecule has 0 amide bonds. The molecular formula is C11H10Cl2N4OS. The van der Waals surface area contributed by atoms with E-state index in [-0.39, 0.29) is 0 Å². The lowest BCUT2D eigenvalue weighted by Gasteiger charge is -2.08. The van der Waals surface area contributed by atoms with Crippen LogP contribution in [0.5, 0.6) is 11.6 Å². The molecule has 100 valence electrons. The van der Waals surface area contributed by atoms with Gasteiger partial charge >= 0.3 is 0 Å². The van der Waals surface area contributed by atoms with Crippen LogP contribution in [0.25, 0.3) is 0 Å². The third kappa shape index (κ3) is 3.87. The average Bonchev–Trinajstić information content (AvgIpc) is 2.37. The van der Waals surface area contributed by atoms with Gasteiger partial charge in [0.1, 0.15) is 11.6 Å². The summed E-state index contributed by atoms with van der Waals surface area (Å²) < 4.78 is 5.60. The van der Waals surface area contributed by atoms with Gasteiger partial charge in [0.15, 0.2) is 5.16 Å². The molecule has 2 aromatic rings. The number of anilines is 1. The van der Waals surface area contributed by atoms with Crippen LogP contribution in [-0.4, -0.2) is 16.2 Å². The molecule has 19 heavy (non-hydrogen) atoms. The van der Waals surface area contributed by atoms with Gasteiger partial charge in [-0.1, -0.05) is 35.0 Å². The van der Waals surface area contributed by atoms with Crippen LogP contribution in [0.4, 0.5) is 5.82 Å². The monoisotopic (exact) mass is 316 g/mol. The average molecular weight is 317 g/mol. The number of nitrogen functional groups attached to an aromatic ring is 1. The van der Waals surface area contributed by atoms with Crippen molar-refractivity contribution in [3.8, 4) is 11.6 Å². The molecule has 0 unspecified atom stereocenters. The number of nitrogens with zero attached hydrogens (tertiary/aromatic N) is 2. The van der Waals surface area contributed by atoms with Gasteiger partial charge in [0, 0.05) is 16.1 Å². The van der Waals surface area contributed by atoms with Gasteiger partial charge in [-0.05, 0) is 24.5 Å². The summed E-state index contributed by atoms with van der Waals surface area (Å²) in [5, 5.41) is 1.51. The van der Waals surface area contributed by atoms with Gasteiger partial charge in [-0.25, -0.2) is 10.8 Å². The second kappa shape index (κ2) is 6.29. The SMILES string of the molecule is CSc1nc(NN)cc(Oc2cc(Cl)cc(Cl)c2)n1. The highest BCUT2D eigenvalue weighted by Gasteiger charge is 2.07. The number of nitrogens with one attached hydrogen (secondary N) is 1. The number of benzene rings is 1. The Labute approximate surface area is 124 Å². The van der Waals surface area contributed by atoms with Crippen molar-refractivity contribution in [3.05, 3.63) is 34.3 Å². The number of rotatable bonds is 4. The Morgan fingerprint density at radius 3 is 2.42 bits per heavy atom. The number of ether oxygens (including phenoxy) is 1. The van der Waals surface area contributed by atoms with Gasteiger partial charge < -0.3 is 10.2 Å². The summed E-state index contributed by atoms with van der Waals surface area (Å²) >= 11 is 13.2. The lowest BCUT2D eigenvalue weighted by Crippen LogP contribution is -2.09. The fourth-order valence-electron chi connectivity index (χ4n) is 1.33. The zero-order valence-electron chi connectivity index (χ0n) is 9.85. The summed E-state index contributed by atoms with van der Waals surface area (Å²) in [5.74, 6) is 6.64. The molecule has 0 atom stereocenters. The standard InChI is InChI=1S/C11H10Cl2N4OS/c1-19-11-15-9(17-14)5-10(16-11)18-8-3-6(12)2-7(13)4-8/h2-5H,14H2,1H3,(H,15,16,17). The number of hydrogen-bond acceptors (Lipinski definition) is 6. The Balaban J connectivity index is 2.31. The first-order valence-corrected chi connectivity index (χ1v) is 7.12. The Kier molecular flexibility index (Phi) is 4.71. The van der Waals surface area contributed by atoms with Crippen molar-refractivity contribution < 1.29 is 4.74 Å². The maximum atomic E-state index is 5.90. The second-order valence-corrected chi connectivity index (χ2v) is 5.08. The molecule has 1 aromatic heterocycles. The molecule has 1 heterocycles. The molecule has 0 saturated heterocycles. The molecule has 0 fully saturated rings. The molecule has 1 aromatic carbocycles. The maximum absolute atomic E-state index is 5.90. The highest BCUT2D eigenvalue weighted by Crippen LogP contribution is 2.29. The van der Waals surface area contributed by atoms with Crippen LogP contribution < -0.4 is 16.0 Å². The molecular weight excluding hydrogens is 307 g/mol. The molecule has 0 bridgehead atoms. The Bertz CT molecular complexity index is 554. The van der Waals surface area contributed by atoms with Crippen LogP contribution in [0.15, 0.2) is 29.4 Å². The highest BCUT2D eigenvalue weighted by atomic mass is 35.5. The highest BCUT2D eigenvalue weighted by molar-refractivity contribution is 7.98. The predicted octanol–water partition coefficient (Wildman–Crippen LogP) is 3.58. The Morgan fingerprint density at radius 2 is 1.84 bits per heavy atom. The third-order valence-corrected chi connectivity index (χ3v) is 3.06. The van der Waals surface area contributed by atoms with E-state index in [1.165, 1.54) is 11.8 Å². The second-order valence-electron chi connectivity index (χ2n) is 3.43. The number of hydrogen-bond donors (Lipinski definition) is 2. The van der Waals surface area contributed by atoms with E-state index in [9.17, 15) is 0 Å². The van der Waals surface area contributed by atoms with E-state index in [0.717, 1.165) is 0 Å². The van der Waals surface area contributed by atoms with E-state index in [1.54, 1.807) is 24.3 Å². The summed E-state index contributed by atoms with van der Waals surface area (Å²) in [5.41, 5.74) is 2.45. The first-order chi connectivity index (χ1) is 9.10. The van der Waals surface area contributed by atoms with Crippen molar-refractivity contribution in [1.82, 2.24) is 9.97 Å². The van der Waals surface area contributed by atoms with Gasteiger partial charge in [-0.15, -0.1) is 0 Å². The van der Waals surface area contributed by atoms with Crippen LogP contribution in [0.3, 0.4) is 0 Å². The number of nitrogens with two attached hydrogens (primary N) is 1. The molecule has 8 heteroatoms. The summed E-state index contributed by atoms with van der Waals surface area (Å²) in [4.78, 5) is 8.33. The molecule has 2 rings (SSSR count). The van der Waals surface area contributed by atoms with Crippen molar-refractivity contribution in [1.29, 1.82) is 0 Å². The van der Waals surface area contributed by atoms with Crippen molar-refractivity contribution in [2.75, 3.05) is 11.7 Å². The first kappa shape index (κ1) is 14.2. The summed E-state index contributed by atoms with van der Waals surface area (Å²) in [6, 6.07) is 6.48. The van der Waals surface area contributed by atoms with Crippen LogP contribution in [0.1, 0.15) is 0 Å².